The first kappa shape index (κ1) is 18.4. The van der Waals surface area contributed by atoms with Gasteiger partial charge in [0, 0.05) is 24.5 Å². The number of Topliss-reactive ketones (excluding diaryl/α,β-unsaturated/α-hetero) is 1. The van der Waals surface area contributed by atoms with E-state index in [0.717, 1.165) is 11.1 Å². The Labute approximate surface area is 167 Å². The number of pyridine rings is 1. The van der Waals surface area contributed by atoms with Crippen LogP contribution in [0.15, 0.2) is 78.8 Å². The van der Waals surface area contributed by atoms with Crippen molar-refractivity contribution in [3.8, 4) is 11.5 Å². The van der Waals surface area contributed by atoms with E-state index in [9.17, 15) is 9.59 Å². The topological polar surface area (TPSA) is 65.5 Å². The normalized spacial score (nSPS) is 14.1. The van der Waals surface area contributed by atoms with E-state index in [0.29, 0.717) is 22.6 Å². The van der Waals surface area contributed by atoms with Crippen molar-refractivity contribution in [1.29, 1.82) is 0 Å². The molecule has 0 unspecified atom stereocenters. The number of aromatic nitrogens is 1. The van der Waals surface area contributed by atoms with Crippen molar-refractivity contribution in [2.75, 3.05) is 0 Å². The van der Waals surface area contributed by atoms with Crippen LogP contribution in [0.25, 0.3) is 12.2 Å². The Kier molecular flexibility index (Phi) is 5.03. The van der Waals surface area contributed by atoms with Crippen LogP contribution >= 0.6 is 0 Å². The Balaban J connectivity index is 1.53. The number of esters is 1. The Hall–Kier alpha value is -3.99. The predicted octanol–water partition coefficient (Wildman–Crippen LogP) is 4.63. The van der Waals surface area contributed by atoms with Gasteiger partial charge in [-0.3, -0.25) is 9.78 Å². The first-order valence-electron chi connectivity index (χ1n) is 9.04. The molecule has 29 heavy (non-hydrogen) atoms. The van der Waals surface area contributed by atoms with Crippen LogP contribution in [0.5, 0.6) is 11.5 Å². The van der Waals surface area contributed by atoms with E-state index in [2.05, 4.69) is 4.98 Å². The van der Waals surface area contributed by atoms with Crippen molar-refractivity contribution in [3.05, 3.63) is 101 Å². The summed E-state index contributed by atoms with van der Waals surface area (Å²) in [7, 11) is 0. The third-order valence-electron chi connectivity index (χ3n) is 4.36. The van der Waals surface area contributed by atoms with Crippen molar-refractivity contribution in [3.63, 3.8) is 0 Å². The summed E-state index contributed by atoms with van der Waals surface area (Å²) >= 11 is 0. The third kappa shape index (κ3) is 4.14. The van der Waals surface area contributed by atoms with E-state index < -0.39 is 5.97 Å². The maximum absolute atomic E-state index is 12.7. The monoisotopic (exact) mass is 383 g/mol. The van der Waals surface area contributed by atoms with Crippen LogP contribution in [0.3, 0.4) is 0 Å². The molecule has 0 aliphatic carbocycles. The van der Waals surface area contributed by atoms with Gasteiger partial charge in [0.15, 0.2) is 5.76 Å². The lowest BCUT2D eigenvalue weighted by atomic mass is 10.0. The molecular formula is C24H17NO4. The molecule has 0 saturated heterocycles. The number of hydrogen-bond donors (Lipinski definition) is 0. The van der Waals surface area contributed by atoms with E-state index in [4.69, 9.17) is 9.47 Å². The third-order valence-corrected chi connectivity index (χ3v) is 4.36. The van der Waals surface area contributed by atoms with Crippen LogP contribution in [0.2, 0.25) is 0 Å². The van der Waals surface area contributed by atoms with Crippen molar-refractivity contribution in [2.24, 2.45) is 0 Å². The molecule has 2 heterocycles. The molecule has 0 N–H and O–H groups in total. The number of hydrogen-bond acceptors (Lipinski definition) is 5. The van der Waals surface area contributed by atoms with E-state index in [1.807, 2.05) is 36.4 Å². The maximum Gasteiger partial charge on any atom is 0.336 e. The highest BCUT2D eigenvalue weighted by molar-refractivity contribution is 6.15. The summed E-state index contributed by atoms with van der Waals surface area (Å²) in [6.07, 6.45) is 7.98. The first-order chi connectivity index (χ1) is 14.1. The number of rotatable bonds is 4. The zero-order chi connectivity index (χ0) is 20.2. The molecule has 3 aromatic rings. The summed E-state index contributed by atoms with van der Waals surface area (Å²) in [5.74, 6) is 0.190. The number of carbonyl (C=O) groups is 2. The van der Waals surface area contributed by atoms with Gasteiger partial charge >= 0.3 is 5.97 Å². The summed E-state index contributed by atoms with van der Waals surface area (Å²) in [6.45, 7) is 1.78. The largest absolute Gasteiger partial charge is 0.452 e. The molecular weight excluding hydrogens is 366 g/mol. The lowest BCUT2D eigenvalue weighted by Gasteiger charge is -2.06. The van der Waals surface area contributed by atoms with Crippen molar-refractivity contribution >= 4 is 23.9 Å². The lowest BCUT2D eigenvalue weighted by molar-refractivity contribution is -0.128. The van der Waals surface area contributed by atoms with Crippen molar-refractivity contribution in [2.45, 2.75) is 6.92 Å². The van der Waals surface area contributed by atoms with Gasteiger partial charge in [-0.1, -0.05) is 36.4 Å². The highest BCUT2D eigenvalue weighted by Gasteiger charge is 2.30. The van der Waals surface area contributed by atoms with Gasteiger partial charge in [-0.25, -0.2) is 4.79 Å². The Morgan fingerprint density at radius 3 is 2.62 bits per heavy atom. The molecule has 4 rings (SSSR count). The zero-order valence-electron chi connectivity index (χ0n) is 15.7. The van der Waals surface area contributed by atoms with Gasteiger partial charge in [-0.15, -0.1) is 0 Å². The molecule has 0 amide bonds. The number of ether oxygens (including phenoxy) is 2. The molecule has 142 valence electrons. The van der Waals surface area contributed by atoms with Crippen molar-refractivity contribution in [1.82, 2.24) is 4.98 Å². The van der Waals surface area contributed by atoms with Gasteiger partial charge in [-0.2, -0.15) is 0 Å². The first-order valence-corrected chi connectivity index (χ1v) is 9.04. The van der Waals surface area contributed by atoms with Crippen LogP contribution in [0, 0.1) is 6.92 Å². The minimum atomic E-state index is -0.511. The predicted molar refractivity (Wildman–Crippen MR) is 109 cm³/mol. The molecule has 0 bridgehead atoms. The molecule has 1 aliphatic heterocycles. The van der Waals surface area contributed by atoms with Crippen LogP contribution in [-0.2, 0) is 4.79 Å². The Morgan fingerprint density at radius 2 is 1.86 bits per heavy atom. The fraction of sp³-hybridized carbons (Fsp3) is 0.0417. The fourth-order valence-electron chi connectivity index (χ4n) is 3.03. The van der Waals surface area contributed by atoms with Gasteiger partial charge in [0.2, 0.25) is 5.78 Å². The van der Waals surface area contributed by atoms with Gasteiger partial charge < -0.3 is 9.47 Å². The van der Waals surface area contributed by atoms with Gasteiger partial charge in [0.25, 0.3) is 0 Å². The maximum atomic E-state index is 12.7. The quantitative estimate of drug-likeness (QED) is 0.373. The number of fused-ring (bicyclic) bond motifs is 1. The smallest absolute Gasteiger partial charge is 0.336 e. The molecule has 5 heteroatoms. The number of nitrogens with zero attached hydrogens (tertiary/aromatic N) is 1. The van der Waals surface area contributed by atoms with E-state index in [-0.39, 0.29) is 11.5 Å². The fourth-order valence-corrected chi connectivity index (χ4v) is 3.03. The van der Waals surface area contributed by atoms with E-state index >= 15 is 0 Å². The molecule has 0 saturated carbocycles. The highest BCUT2D eigenvalue weighted by Crippen LogP contribution is 2.37. The van der Waals surface area contributed by atoms with Crippen LogP contribution < -0.4 is 9.47 Å². The molecule has 5 nitrogen and oxygen atoms in total. The minimum absolute atomic E-state index is 0.205. The Morgan fingerprint density at radius 1 is 1.07 bits per heavy atom. The molecule has 2 aromatic carbocycles. The van der Waals surface area contributed by atoms with Crippen molar-refractivity contribution < 1.29 is 19.1 Å². The lowest BCUT2D eigenvalue weighted by Crippen LogP contribution is -2.04. The molecule has 1 aliphatic rings. The van der Waals surface area contributed by atoms with Gasteiger partial charge in [0.1, 0.15) is 11.5 Å². The summed E-state index contributed by atoms with van der Waals surface area (Å²) < 4.78 is 11.1. The Bertz CT molecular complexity index is 1130. The zero-order valence-corrected chi connectivity index (χ0v) is 15.7. The second kappa shape index (κ2) is 7.94. The number of aryl methyl sites for hydroxylation is 1. The second-order valence-electron chi connectivity index (χ2n) is 6.50. The number of allylic oxidation sites excluding steroid dienone is 1. The average Bonchev–Trinajstić information content (AvgIpc) is 3.03. The summed E-state index contributed by atoms with van der Waals surface area (Å²) in [5, 5.41) is 0. The van der Waals surface area contributed by atoms with Gasteiger partial charge in [-0.05, 0) is 47.9 Å². The molecule has 0 fully saturated rings. The van der Waals surface area contributed by atoms with E-state index in [1.54, 1.807) is 49.7 Å². The average molecular weight is 383 g/mol. The standard InChI is InChI=1S/C24H17NO4/c1-16-12-19(28-22(26)10-9-17-6-3-2-4-7-17)14-20-23(16)24(27)21(29-20)13-18-8-5-11-25-15-18/h2-15H,1H3. The summed E-state index contributed by atoms with van der Waals surface area (Å²) in [5.41, 5.74) is 2.81. The van der Waals surface area contributed by atoms with Gasteiger partial charge in [0.05, 0.1) is 5.56 Å². The second-order valence-corrected chi connectivity index (χ2v) is 6.50. The number of ketones is 1. The van der Waals surface area contributed by atoms with E-state index in [1.165, 1.54) is 6.08 Å². The van der Waals surface area contributed by atoms with Crippen LogP contribution in [0.1, 0.15) is 27.0 Å². The molecule has 0 atom stereocenters. The molecule has 0 spiro atoms. The SMILES string of the molecule is Cc1cc(OC(=O)C=Cc2ccccc2)cc2c1C(=O)C(=Cc1cccnc1)O2. The van der Waals surface area contributed by atoms with Crippen LogP contribution in [-0.4, -0.2) is 16.7 Å². The number of carbonyl (C=O) groups excluding carboxylic acids is 2. The minimum Gasteiger partial charge on any atom is -0.452 e. The molecule has 0 radical (unpaired) electrons. The summed E-state index contributed by atoms with van der Waals surface area (Å²) in [6, 6.07) is 16.3. The highest BCUT2D eigenvalue weighted by atomic mass is 16.5. The molecule has 1 aromatic heterocycles. The van der Waals surface area contributed by atoms with Crippen LogP contribution in [0.4, 0.5) is 0 Å². The number of benzene rings is 2. The summed E-state index contributed by atoms with van der Waals surface area (Å²) in [4.78, 5) is 28.8.